The van der Waals surface area contributed by atoms with E-state index in [4.69, 9.17) is 21.3 Å². The first-order chi connectivity index (χ1) is 19.6. The van der Waals surface area contributed by atoms with Gasteiger partial charge in [0.25, 0.3) is 0 Å². The van der Waals surface area contributed by atoms with Crippen LogP contribution in [0.15, 0.2) is 91.3 Å². The van der Waals surface area contributed by atoms with Crippen molar-refractivity contribution in [3.8, 4) is 22.8 Å². The zero-order chi connectivity index (χ0) is 27.5. The van der Waals surface area contributed by atoms with Gasteiger partial charge in [0.05, 0.1) is 17.5 Å². The lowest BCUT2D eigenvalue weighted by molar-refractivity contribution is -0.134. The van der Waals surface area contributed by atoms with Crippen LogP contribution in [0.3, 0.4) is 0 Å². The summed E-state index contributed by atoms with van der Waals surface area (Å²) in [6, 6.07) is 26.6. The zero-order valence-corrected chi connectivity index (χ0v) is 22.1. The van der Waals surface area contributed by atoms with Gasteiger partial charge < -0.3 is 21.1 Å². The molecule has 2 aromatic heterocycles. The minimum Gasteiger partial charge on any atom is -0.457 e. The standard InChI is InChI=1S/C31H31N7O2/c32-26(18-21-8-3-1-4-9-21)31(39)37-17-7-10-23(19-37)38-30-27(29(33)34-20-35-30)28(36-38)22-13-15-25(16-14-22)40-24-11-5-2-6-12-24/h1-6,8-9,11-16,20,23,26H,7,10,17-19,32H2,(H2,33,34,35)/t23-,26-/m1/s1. The largest absolute Gasteiger partial charge is 0.457 e. The molecule has 1 aliphatic rings. The Morgan fingerprint density at radius 2 is 1.65 bits per heavy atom. The van der Waals surface area contributed by atoms with Crippen molar-refractivity contribution < 1.29 is 9.53 Å². The Kier molecular flexibility index (Phi) is 7.11. The molecule has 202 valence electrons. The van der Waals surface area contributed by atoms with Gasteiger partial charge in [0.1, 0.15) is 29.3 Å². The summed E-state index contributed by atoms with van der Waals surface area (Å²) < 4.78 is 7.85. The Morgan fingerprint density at radius 1 is 0.950 bits per heavy atom. The summed E-state index contributed by atoms with van der Waals surface area (Å²) in [4.78, 5) is 24.0. The lowest BCUT2D eigenvalue weighted by atomic mass is 10.0. The normalized spacial score (nSPS) is 16.1. The summed E-state index contributed by atoms with van der Waals surface area (Å²) in [5.41, 5.74) is 16.0. The van der Waals surface area contributed by atoms with E-state index < -0.39 is 6.04 Å². The smallest absolute Gasteiger partial charge is 0.239 e. The number of ether oxygens (including phenoxy) is 1. The van der Waals surface area contributed by atoms with Crippen LogP contribution in [-0.4, -0.2) is 49.7 Å². The van der Waals surface area contributed by atoms with E-state index in [-0.39, 0.29) is 11.9 Å². The number of rotatable bonds is 7. The molecule has 0 bridgehead atoms. The van der Waals surface area contributed by atoms with Gasteiger partial charge in [-0.2, -0.15) is 5.10 Å². The number of piperidine rings is 1. The SMILES string of the molecule is Nc1ncnc2c1c(-c1ccc(Oc3ccccc3)cc1)nn2[C@@H]1CCCN(C(=O)[C@H](N)Cc2ccccc2)C1. The second-order valence-electron chi connectivity index (χ2n) is 10.1. The molecule has 9 heteroatoms. The zero-order valence-electron chi connectivity index (χ0n) is 22.1. The highest BCUT2D eigenvalue weighted by molar-refractivity contribution is 5.98. The molecule has 5 aromatic rings. The van der Waals surface area contributed by atoms with E-state index in [9.17, 15) is 4.79 Å². The van der Waals surface area contributed by atoms with Crippen molar-refractivity contribution in [2.24, 2.45) is 5.73 Å². The molecule has 40 heavy (non-hydrogen) atoms. The number of nitrogens with two attached hydrogens (primary N) is 2. The molecule has 4 N–H and O–H groups in total. The van der Waals surface area contributed by atoms with Crippen LogP contribution in [0, 0.1) is 0 Å². The first kappa shape index (κ1) is 25.5. The molecule has 0 radical (unpaired) electrons. The van der Waals surface area contributed by atoms with Crippen LogP contribution < -0.4 is 16.2 Å². The number of anilines is 1. The number of hydrogen-bond acceptors (Lipinski definition) is 7. The fourth-order valence-corrected chi connectivity index (χ4v) is 5.30. The summed E-state index contributed by atoms with van der Waals surface area (Å²) in [6.07, 6.45) is 3.67. The molecule has 1 saturated heterocycles. The van der Waals surface area contributed by atoms with E-state index in [1.54, 1.807) is 0 Å². The molecule has 1 amide bonds. The van der Waals surface area contributed by atoms with Crippen LogP contribution in [0.25, 0.3) is 22.3 Å². The first-order valence-corrected chi connectivity index (χ1v) is 13.5. The molecule has 6 rings (SSSR count). The Labute approximate surface area is 232 Å². The van der Waals surface area contributed by atoms with E-state index in [2.05, 4.69) is 9.97 Å². The van der Waals surface area contributed by atoms with Crippen LogP contribution in [0.5, 0.6) is 11.5 Å². The van der Waals surface area contributed by atoms with Gasteiger partial charge in [-0.05, 0) is 61.2 Å². The molecule has 0 saturated carbocycles. The summed E-state index contributed by atoms with van der Waals surface area (Å²) in [5.74, 6) is 1.80. The van der Waals surface area contributed by atoms with Gasteiger partial charge in [-0.25, -0.2) is 14.6 Å². The quantitative estimate of drug-likeness (QED) is 0.313. The van der Waals surface area contributed by atoms with Gasteiger partial charge in [-0.1, -0.05) is 48.5 Å². The molecular formula is C31H31N7O2. The lowest BCUT2D eigenvalue weighted by Crippen LogP contribution is -2.49. The van der Waals surface area contributed by atoms with E-state index in [1.165, 1.54) is 6.33 Å². The number of benzene rings is 3. The van der Waals surface area contributed by atoms with Crippen molar-refractivity contribution in [1.82, 2.24) is 24.6 Å². The maximum absolute atomic E-state index is 13.3. The van der Waals surface area contributed by atoms with Crippen molar-refractivity contribution >= 4 is 22.8 Å². The van der Waals surface area contributed by atoms with E-state index in [1.807, 2.05) is 94.5 Å². The molecule has 2 atom stereocenters. The van der Waals surface area contributed by atoms with Crippen molar-refractivity contribution in [3.63, 3.8) is 0 Å². The van der Waals surface area contributed by atoms with Gasteiger partial charge in [0.2, 0.25) is 5.91 Å². The average Bonchev–Trinajstić information content (AvgIpc) is 3.39. The van der Waals surface area contributed by atoms with Crippen molar-refractivity contribution in [2.45, 2.75) is 31.3 Å². The predicted octanol–water partition coefficient (Wildman–Crippen LogP) is 4.60. The molecule has 0 aliphatic carbocycles. The van der Waals surface area contributed by atoms with Crippen LogP contribution in [-0.2, 0) is 11.2 Å². The lowest BCUT2D eigenvalue weighted by Gasteiger charge is -2.34. The molecule has 1 fully saturated rings. The maximum atomic E-state index is 13.3. The van der Waals surface area contributed by atoms with Crippen molar-refractivity contribution in [2.75, 3.05) is 18.8 Å². The molecule has 0 spiro atoms. The Bertz CT molecular complexity index is 1600. The van der Waals surface area contributed by atoms with Gasteiger partial charge in [0, 0.05) is 18.7 Å². The van der Waals surface area contributed by atoms with E-state index in [0.717, 1.165) is 35.5 Å². The van der Waals surface area contributed by atoms with Crippen LogP contribution in [0.4, 0.5) is 5.82 Å². The molecule has 3 aromatic carbocycles. The number of fused-ring (bicyclic) bond motifs is 1. The number of carbonyl (C=O) groups is 1. The molecular weight excluding hydrogens is 502 g/mol. The highest BCUT2D eigenvalue weighted by Gasteiger charge is 2.30. The summed E-state index contributed by atoms with van der Waals surface area (Å²) in [5, 5.41) is 5.69. The number of hydrogen-bond donors (Lipinski definition) is 2. The molecule has 9 nitrogen and oxygen atoms in total. The molecule has 3 heterocycles. The number of amides is 1. The van der Waals surface area contributed by atoms with Crippen molar-refractivity contribution in [1.29, 1.82) is 0 Å². The second kappa shape index (κ2) is 11.2. The summed E-state index contributed by atoms with van der Waals surface area (Å²) in [6.45, 7) is 1.18. The fraction of sp³-hybridized carbons (Fsp3) is 0.226. The van der Waals surface area contributed by atoms with Crippen LogP contribution in [0.1, 0.15) is 24.4 Å². The van der Waals surface area contributed by atoms with Gasteiger partial charge in [-0.3, -0.25) is 4.79 Å². The molecule has 1 aliphatic heterocycles. The Morgan fingerprint density at radius 3 is 2.40 bits per heavy atom. The average molecular weight is 534 g/mol. The summed E-state index contributed by atoms with van der Waals surface area (Å²) >= 11 is 0. The fourth-order valence-electron chi connectivity index (χ4n) is 5.30. The van der Waals surface area contributed by atoms with E-state index >= 15 is 0 Å². The predicted molar refractivity (Wildman–Crippen MR) is 155 cm³/mol. The third-order valence-electron chi connectivity index (χ3n) is 7.29. The number of para-hydroxylation sites is 1. The number of nitrogen functional groups attached to an aromatic ring is 1. The number of nitrogens with zero attached hydrogens (tertiary/aromatic N) is 5. The highest BCUT2D eigenvalue weighted by Crippen LogP contribution is 2.35. The Balaban J connectivity index is 1.25. The van der Waals surface area contributed by atoms with Gasteiger partial charge in [-0.15, -0.1) is 0 Å². The highest BCUT2D eigenvalue weighted by atomic mass is 16.5. The minimum absolute atomic E-state index is 0.0478. The van der Waals surface area contributed by atoms with Crippen molar-refractivity contribution in [3.05, 3.63) is 96.8 Å². The number of likely N-dealkylation sites (tertiary alicyclic amines) is 1. The van der Waals surface area contributed by atoms with Gasteiger partial charge in [0.15, 0.2) is 5.65 Å². The topological polar surface area (TPSA) is 125 Å². The van der Waals surface area contributed by atoms with E-state index in [0.29, 0.717) is 42.1 Å². The molecule has 0 unspecified atom stereocenters. The van der Waals surface area contributed by atoms with Gasteiger partial charge >= 0.3 is 0 Å². The summed E-state index contributed by atoms with van der Waals surface area (Å²) in [7, 11) is 0. The Hall–Kier alpha value is -4.76. The second-order valence-corrected chi connectivity index (χ2v) is 10.1. The first-order valence-electron chi connectivity index (χ1n) is 13.5. The third-order valence-corrected chi connectivity index (χ3v) is 7.29. The van der Waals surface area contributed by atoms with Crippen LogP contribution >= 0.6 is 0 Å². The number of aromatic nitrogens is 4. The monoisotopic (exact) mass is 533 g/mol. The third kappa shape index (κ3) is 5.23. The number of carbonyl (C=O) groups excluding carboxylic acids is 1. The van der Waals surface area contributed by atoms with Crippen LogP contribution in [0.2, 0.25) is 0 Å². The minimum atomic E-state index is -0.597. The maximum Gasteiger partial charge on any atom is 0.239 e.